The molecule has 30 heavy (non-hydrogen) atoms. The summed E-state index contributed by atoms with van der Waals surface area (Å²) in [6.07, 6.45) is 0. The molecule has 0 aliphatic heterocycles. The minimum Gasteiger partial charge on any atom is -0.270 e. The van der Waals surface area contributed by atoms with Crippen LogP contribution in [0.15, 0.2) is 107 Å². The largest absolute Gasteiger partial charge is 0.270 e. The first-order chi connectivity index (χ1) is 14.8. The highest BCUT2D eigenvalue weighted by Crippen LogP contribution is 2.35. The van der Waals surface area contributed by atoms with E-state index in [1.54, 1.807) is 7.05 Å². The van der Waals surface area contributed by atoms with Gasteiger partial charge in [0.1, 0.15) is 3.72 Å². The molecule has 0 N–H and O–H groups in total. The van der Waals surface area contributed by atoms with Crippen LogP contribution in [0.1, 0.15) is 11.1 Å². The first kappa shape index (κ1) is 18.9. The molecule has 0 saturated carbocycles. The van der Waals surface area contributed by atoms with E-state index >= 15 is 0 Å². The number of halogens is 1. The van der Waals surface area contributed by atoms with Gasteiger partial charge in [-0.05, 0) is 61.0 Å². The van der Waals surface area contributed by atoms with E-state index in [9.17, 15) is 0 Å². The number of nitrogens with zero attached hydrogens (tertiary/aromatic N) is 2. The van der Waals surface area contributed by atoms with Crippen molar-refractivity contribution in [3.05, 3.63) is 108 Å². The quantitative estimate of drug-likeness (QED) is 0.105. The van der Waals surface area contributed by atoms with E-state index in [2.05, 4.69) is 94.3 Å². The normalized spacial score (nSPS) is 12.7. The molecule has 0 atom stereocenters. The summed E-state index contributed by atoms with van der Waals surface area (Å²) in [6, 6.07) is 34.0. The van der Waals surface area contributed by atoms with Crippen LogP contribution in [0.4, 0.5) is 0 Å². The third-order valence-corrected chi connectivity index (χ3v) is 6.29. The predicted octanol–water partition coefficient (Wildman–Crippen LogP) is 7.40. The van der Waals surface area contributed by atoms with E-state index < -0.39 is 0 Å². The van der Waals surface area contributed by atoms with Crippen molar-refractivity contribution in [3.8, 4) is 0 Å². The molecule has 5 aromatic carbocycles. The zero-order chi connectivity index (χ0) is 20.5. The van der Waals surface area contributed by atoms with Crippen LogP contribution in [0, 0.1) is 0 Å². The third-order valence-electron chi connectivity index (χ3n) is 5.43. The number of amidine groups is 1. The van der Waals surface area contributed by atoms with Crippen LogP contribution >= 0.6 is 22.6 Å². The van der Waals surface area contributed by atoms with Gasteiger partial charge < -0.3 is 0 Å². The summed E-state index contributed by atoms with van der Waals surface area (Å²) < 4.78 is 0.927. The fraction of sp³-hybridized carbons (Fsp3) is 0.0370. The third kappa shape index (κ3) is 3.29. The highest BCUT2D eigenvalue weighted by Gasteiger charge is 2.11. The minimum atomic E-state index is 0.739. The van der Waals surface area contributed by atoms with Crippen molar-refractivity contribution in [1.29, 1.82) is 0 Å². The summed E-state index contributed by atoms with van der Waals surface area (Å²) in [4.78, 5) is 9.24. The van der Waals surface area contributed by atoms with Crippen molar-refractivity contribution in [1.82, 2.24) is 0 Å². The van der Waals surface area contributed by atoms with E-state index in [4.69, 9.17) is 4.99 Å². The molecule has 2 nitrogen and oxygen atoms in total. The van der Waals surface area contributed by atoms with Crippen LogP contribution in [0.25, 0.3) is 32.3 Å². The zero-order valence-electron chi connectivity index (χ0n) is 16.5. The summed E-state index contributed by atoms with van der Waals surface area (Å²) in [5.74, 6) is 0.739. The maximum absolute atomic E-state index is 4.84. The van der Waals surface area contributed by atoms with Gasteiger partial charge in [0, 0.05) is 18.2 Å². The number of rotatable bonds is 2. The van der Waals surface area contributed by atoms with Crippen molar-refractivity contribution >= 4 is 64.5 Å². The lowest BCUT2D eigenvalue weighted by Gasteiger charge is -2.11. The van der Waals surface area contributed by atoms with Gasteiger partial charge in [-0.3, -0.25) is 4.99 Å². The van der Waals surface area contributed by atoms with Crippen LogP contribution in [0.2, 0.25) is 0 Å². The first-order valence-electron chi connectivity index (χ1n) is 9.86. The Labute approximate surface area is 189 Å². The SMILES string of the molecule is CN=C(N=C(I)c1ccc2c3ccccc3c3ccccc3c2c1)c1ccccc1. The predicted molar refractivity (Wildman–Crippen MR) is 138 cm³/mol. The van der Waals surface area contributed by atoms with Crippen LogP contribution < -0.4 is 0 Å². The summed E-state index contributed by atoms with van der Waals surface area (Å²) in [7, 11) is 1.79. The molecule has 5 rings (SSSR count). The molecule has 144 valence electrons. The lowest BCUT2D eigenvalue weighted by Crippen LogP contribution is -2.01. The maximum Gasteiger partial charge on any atom is 0.155 e. The lowest BCUT2D eigenvalue weighted by molar-refractivity contribution is 1.39. The summed E-state index contributed by atoms with van der Waals surface area (Å²) in [6.45, 7) is 0. The average molecular weight is 498 g/mol. The van der Waals surface area contributed by atoms with E-state index in [-0.39, 0.29) is 0 Å². The second-order valence-corrected chi connectivity index (χ2v) is 8.19. The number of aliphatic imine (C=N–C) groups is 2. The van der Waals surface area contributed by atoms with Gasteiger partial charge in [-0.2, -0.15) is 0 Å². The molecule has 0 spiro atoms. The van der Waals surface area contributed by atoms with E-state index in [0.29, 0.717) is 0 Å². The van der Waals surface area contributed by atoms with Crippen molar-refractivity contribution in [2.75, 3.05) is 7.05 Å². The molecule has 0 bridgehead atoms. The van der Waals surface area contributed by atoms with Gasteiger partial charge in [0.25, 0.3) is 0 Å². The Morgan fingerprint density at radius 3 is 1.63 bits per heavy atom. The van der Waals surface area contributed by atoms with E-state index in [1.807, 2.05) is 30.3 Å². The first-order valence-corrected chi connectivity index (χ1v) is 10.9. The Balaban J connectivity index is 1.72. The summed E-state index contributed by atoms with van der Waals surface area (Å²) in [5.41, 5.74) is 2.12. The van der Waals surface area contributed by atoms with Gasteiger partial charge in [0.05, 0.1) is 0 Å². The van der Waals surface area contributed by atoms with Gasteiger partial charge in [0.15, 0.2) is 5.84 Å². The van der Waals surface area contributed by atoms with Crippen LogP contribution in [0.3, 0.4) is 0 Å². The standard InChI is InChI=1S/C27H19IN2/c1-29-27(18-9-3-2-4-10-18)30-26(28)19-15-16-24-22-13-6-5-11-20(22)21-12-7-8-14-23(21)25(24)17-19/h2-17H,1H3. The number of benzene rings is 5. The molecule has 0 heterocycles. The molecule has 0 saturated heterocycles. The molecule has 0 radical (unpaired) electrons. The monoisotopic (exact) mass is 498 g/mol. The second kappa shape index (κ2) is 8.00. The molecular weight excluding hydrogens is 479 g/mol. The zero-order valence-corrected chi connectivity index (χ0v) is 18.7. The smallest absolute Gasteiger partial charge is 0.155 e. The Morgan fingerprint density at radius 2 is 1.07 bits per heavy atom. The number of hydrogen-bond donors (Lipinski definition) is 0. The van der Waals surface area contributed by atoms with Crippen molar-refractivity contribution < 1.29 is 0 Å². The van der Waals surface area contributed by atoms with Gasteiger partial charge in [-0.25, -0.2) is 4.99 Å². The molecule has 0 aliphatic rings. The molecule has 0 unspecified atom stereocenters. The molecule has 0 amide bonds. The Bertz CT molecular complexity index is 1410. The van der Waals surface area contributed by atoms with Crippen molar-refractivity contribution in [2.24, 2.45) is 9.98 Å². The molecule has 0 aromatic heterocycles. The van der Waals surface area contributed by atoms with Gasteiger partial charge in [-0.15, -0.1) is 0 Å². The van der Waals surface area contributed by atoms with Gasteiger partial charge >= 0.3 is 0 Å². The fourth-order valence-corrected chi connectivity index (χ4v) is 4.59. The summed E-state index contributed by atoms with van der Waals surface area (Å²) >= 11 is 2.32. The van der Waals surface area contributed by atoms with Crippen molar-refractivity contribution in [3.63, 3.8) is 0 Å². The molecule has 5 aromatic rings. The number of fused-ring (bicyclic) bond motifs is 6. The topological polar surface area (TPSA) is 24.7 Å². The summed E-state index contributed by atoms with van der Waals surface area (Å²) in [5, 5.41) is 7.64. The fourth-order valence-electron chi connectivity index (χ4n) is 4.02. The Morgan fingerprint density at radius 1 is 0.567 bits per heavy atom. The molecule has 0 fully saturated rings. The molecule has 3 heteroatoms. The second-order valence-electron chi connectivity index (χ2n) is 7.17. The molecule has 0 aliphatic carbocycles. The van der Waals surface area contributed by atoms with Crippen LogP contribution in [-0.2, 0) is 0 Å². The van der Waals surface area contributed by atoms with E-state index in [1.165, 1.54) is 32.3 Å². The highest BCUT2D eigenvalue weighted by atomic mass is 127. The van der Waals surface area contributed by atoms with E-state index in [0.717, 1.165) is 20.7 Å². The lowest BCUT2D eigenvalue weighted by atomic mass is 9.93. The minimum absolute atomic E-state index is 0.739. The van der Waals surface area contributed by atoms with Crippen LogP contribution in [0.5, 0.6) is 0 Å². The number of hydrogen-bond acceptors (Lipinski definition) is 1. The van der Waals surface area contributed by atoms with Gasteiger partial charge in [0.2, 0.25) is 0 Å². The van der Waals surface area contributed by atoms with Gasteiger partial charge in [-0.1, -0.05) is 91.0 Å². The maximum atomic E-state index is 4.84. The Kier molecular flexibility index (Phi) is 5.05. The Hall–Kier alpha value is -3.05. The highest BCUT2D eigenvalue weighted by molar-refractivity contribution is 14.1. The molecular formula is C27H19IN2. The average Bonchev–Trinajstić information content (AvgIpc) is 2.83. The van der Waals surface area contributed by atoms with Crippen LogP contribution in [-0.4, -0.2) is 16.6 Å². The van der Waals surface area contributed by atoms with Crippen molar-refractivity contribution in [2.45, 2.75) is 0 Å².